The molecule has 0 amide bonds. The second kappa shape index (κ2) is 3.39. The fourth-order valence-electron chi connectivity index (χ4n) is 1.34. The van der Waals surface area contributed by atoms with Crippen molar-refractivity contribution in [3.05, 3.63) is 26.6 Å². The van der Waals surface area contributed by atoms with Gasteiger partial charge in [0.05, 0.1) is 8.45 Å². The maximum atomic E-state index is 11.0. The molecule has 72 valence electrons. The van der Waals surface area contributed by atoms with Gasteiger partial charge in [-0.3, -0.25) is 0 Å². The molecule has 2 rings (SSSR count). The van der Waals surface area contributed by atoms with Crippen LogP contribution in [0.4, 0.5) is 5.69 Å². The minimum atomic E-state index is -0.918. The molecule has 0 radical (unpaired) electrons. The van der Waals surface area contributed by atoms with Gasteiger partial charge in [-0.25, -0.2) is 4.79 Å². The van der Waals surface area contributed by atoms with Crippen LogP contribution in [0.5, 0.6) is 0 Å². The number of carbonyl (C=O) groups is 1. The van der Waals surface area contributed by atoms with Crippen molar-refractivity contribution in [1.82, 2.24) is 0 Å². The van der Waals surface area contributed by atoms with Gasteiger partial charge in [-0.15, -0.1) is 11.3 Å². The van der Waals surface area contributed by atoms with Crippen molar-refractivity contribution in [2.45, 2.75) is 0 Å². The van der Waals surface area contributed by atoms with Gasteiger partial charge < -0.3 is 10.8 Å². The van der Waals surface area contributed by atoms with E-state index in [-0.39, 0.29) is 0 Å². The van der Waals surface area contributed by atoms with Crippen LogP contribution in [0.1, 0.15) is 10.4 Å². The first-order chi connectivity index (χ1) is 6.61. The van der Waals surface area contributed by atoms with Gasteiger partial charge in [-0.2, -0.15) is 0 Å². The van der Waals surface area contributed by atoms with Gasteiger partial charge in [0.1, 0.15) is 0 Å². The van der Waals surface area contributed by atoms with Crippen molar-refractivity contribution in [1.29, 1.82) is 0 Å². The molecular formula is C9H6INO2S. The summed E-state index contributed by atoms with van der Waals surface area (Å²) in [7, 11) is 0. The molecule has 1 heterocycles. The van der Waals surface area contributed by atoms with E-state index < -0.39 is 5.97 Å². The molecule has 3 N–H and O–H groups in total. The summed E-state index contributed by atoms with van der Waals surface area (Å²) < 4.78 is 1.69. The highest BCUT2D eigenvalue weighted by atomic mass is 127. The number of rotatable bonds is 1. The number of halogens is 1. The number of nitrogens with two attached hydrogens (primary N) is 1. The maximum absolute atomic E-state index is 11.0. The highest BCUT2D eigenvalue weighted by Crippen LogP contribution is 2.35. The molecule has 3 nitrogen and oxygen atoms in total. The van der Waals surface area contributed by atoms with Crippen LogP contribution in [0.25, 0.3) is 10.1 Å². The minimum Gasteiger partial charge on any atom is -0.478 e. The second-order valence-electron chi connectivity index (χ2n) is 2.78. The molecule has 0 unspecified atom stereocenters. The van der Waals surface area contributed by atoms with Crippen LogP contribution in [0.2, 0.25) is 0 Å². The fourth-order valence-corrected chi connectivity index (χ4v) is 3.50. The Balaban J connectivity index is 2.93. The molecule has 5 heteroatoms. The number of benzene rings is 1. The Morgan fingerprint density at radius 3 is 2.86 bits per heavy atom. The number of nitrogen functional groups attached to an aromatic ring is 1. The van der Waals surface area contributed by atoms with Gasteiger partial charge in [0.2, 0.25) is 0 Å². The summed E-state index contributed by atoms with van der Waals surface area (Å²) in [5, 5.41) is 9.68. The van der Waals surface area contributed by atoms with Crippen LogP contribution in [-0.2, 0) is 0 Å². The van der Waals surface area contributed by atoms with Gasteiger partial charge in [-0.1, -0.05) is 6.07 Å². The van der Waals surface area contributed by atoms with Crippen molar-refractivity contribution in [2.24, 2.45) is 0 Å². The van der Waals surface area contributed by atoms with Gasteiger partial charge >= 0.3 is 5.97 Å². The lowest BCUT2D eigenvalue weighted by Crippen LogP contribution is -1.98. The molecule has 1 aromatic heterocycles. The molecule has 14 heavy (non-hydrogen) atoms. The van der Waals surface area contributed by atoms with Crippen molar-refractivity contribution in [2.75, 3.05) is 5.73 Å². The topological polar surface area (TPSA) is 63.3 Å². The first-order valence-electron chi connectivity index (χ1n) is 3.81. The van der Waals surface area contributed by atoms with Gasteiger partial charge in [-0.05, 0) is 34.7 Å². The zero-order valence-corrected chi connectivity index (χ0v) is 9.93. The first-order valence-corrected chi connectivity index (χ1v) is 5.70. The SMILES string of the molecule is Nc1cccc2sc(I)c(C(=O)O)c12. The molecule has 0 aliphatic heterocycles. The van der Waals surface area contributed by atoms with Crippen molar-refractivity contribution in [3.8, 4) is 0 Å². The third-order valence-electron chi connectivity index (χ3n) is 1.92. The van der Waals surface area contributed by atoms with E-state index in [1.807, 2.05) is 34.7 Å². The summed E-state index contributed by atoms with van der Waals surface area (Å²) in [6.07, 6.45) is 0. The van der Waals surface area contributed by atoms with Crippen LogP contribution < -0.4 is 5.73 Å². The summed E-state index contributed by atoms with van der Waals surface area (Å²) in [6, 6.07) is 5.43. The summed E-state index contributed by atoms with van der Waals surface area (Å²) in [4.78, 5) is 11.0. The van der Waals surface area contributed by atoms with E-state index in [0.717, 1.165) is 7.58 Å². The number of hydrogen-bond acceptors (Lipinski definition) is 3. The molecule has 0 atom stereocenters. The zero-order valence-electron chi connectivity index (χ0n) is 6.95. The average Bonchev–Trinajstić information content (AvgIpc) is 2.42. The van der Waals surface area contributed by atoms with Crippen molar-refractivity contribution in [3.63, 3.8) is 0 Å². The largest absolute Gasteiger partial charge is 0.478 e. The molecule has 0 saturated carbocycles. The van der Waals surface area contributed by atoms with Gasteiger partial charge in [0.25, 0.3) is 0 Å². The molecule has 0 fully saturated rings. The van der Waals surface area contributed by atoms with Crippen molar-refractivity contribution < 1.29 is 9.90 Å². The van der Waals surface area contributed by atoms with Crippen LogP contribution in [0.3, 0.4) is 0 Å². The van der Waals surface area contributed by atoms with E-state index in [4.69, 9.17) is 10.8 Å². The van der Waals surface area contributed by atoms with E-state index in [0.29, 0.717) is 16.6 Å². The molecule has 0 saturated heterocycles. The highest BCUT2D eigenvalue weighted by molar-refractivity contribution is 14.1. The number of fused-ring (bicyclic) bond motifs is 1. The minimum absolute atomic E-state index is 0.323. The number of aromatic carboxylic acids is 1. The van der Waals surface area contributed by atoms with Crippen LogP contribution >= 0.6 is 33.9 Å². The lowest BCUT2D eigenvalue weighted by atomic mass is 10.1. The Hall–Kier alpha value is -0.820. The number of anilines is 1. The standard InChI is InChI=1S/C9H6INO2S/c10-8-7(9(12)13)6-4(11)2-1-3-5(6)14-8/h1-3H,11H2,(H,12,13). The Labute approximate surface area is 97.7 Å². The van der Waals surface area contributed by atoms with Crippen LogP contribution in [-0.4, -0.2) is 11.1 Å². The Morgan fingerprint density at radius 1 is 1.50 bits per heavy atom. The summed E-state index contributed by atoms with van der Waals surface area (Å²) in [5.74, 6) is -0.918. The van der Waals surface area contributed by atoms with Crippen LogP contribution in [0, 0.1) is 2.88 Å². The van der Waals surface area contributed by atoms with E-state index in [1.54, 1.807) is 6.07 Å². The Morgan fingerprint density at radius 2 is 2.21 bits per heavy atom. The average molecular weight is 319 g/mol. The molecule has 0 aliphatic carbocycles. The predicted octanol–water partition coefficient (Wildman–Crippen LogP) is 2.79. The predicted molar refractivity (Wildman–Crippen MR) is 65.9 cm³/mol. The zero-order chi connectivity index (χ0) is 10.3. The Bertz CT molecular complexity index is 521. The number of thiophene rings is 1. The maximum Gasteiger partial charge on any atom is 0.338 e. The smallest absolute Gasteiger partial charge is 0.338 e. The fraction of sp³-hybridized carbons (Fsp3) is 0. The first kappa shape index (κ1) is 9.72. The molecule has 0 aliphatic rings. The monoisotopic (exact) mass is 319 g/mol. The second-order valence-corrected chi connectivity index (χ2v) is 5.64. The molecule has 2 aromatic rings. The Kier molecular flexibility index (Phi) is 2.36. The van der Waals surface area contributed by atoms with E-state index in [1.165, 1.54) is 11.3 Å². The highest BCUT2D eigenvalue weighted by Gasteiger charge is 2.17. The summed E-state index contributed by atoms with van der Waals surface area (Å²) in [6.45, 7) is 0. The van der Waals surface area contributed by atoms with E-state index >= 15 is 0 Å². The van der Waals surface area contributed by atoms with Crippen LogP contribution in [0.15, 0.2) is 18.2 Å². The third kappa shape index (κ3) is 1.36. The summed E-state index contributed by atoms with van der Waals surface area (Å²) >= 11 is 3.47. The molecule has 0 spiro atoms. The number of carboxylic acids is 1. The van der Waals surface area contributed by atoms with Crippen molar-refractivity contribution >= 4 is 55.7 Å². The number of carboxylic acid groups (broad SMARTS) is 1. The van der Waals surface area contributed by atoms with E-state index in [9.17, 15) is 4.79 Å². The molecule has 1 aromatic carbocycles. The lowest BCUT2D eigenvalue weighted by molar-refractivity contribution is 0.0698. The third-order valence-corrected chi connectivity index (χ3v) is 4.06. The van der Waals surface area contributed by atoms with E-state index in [2.05, 4.69) is 0 Å². The quantitative estimate of drug-likeness (QED) is 0.627. The van der Waals surface area contributed by atoms with Gasteiger partial charge in [0.15, 0.2) is 0 Å². The lowest BCUT2D eigenvalue weighted by Gasteiger charge is -1.97. The summed E-state index contributed by atoms with van der Waals surface area (Å²) in [5.41, 5.74) is 6.60. The normalized spacial score (nSPS) is 10.6. The molecule has 0 bridgehead atoms. The molecular weight excluding hydrogens is 313 g/mol. The van der Waals surface area contributed by atoms with Gasteiger partial charge in [0, 0.05) is 15.8 Å². The number of hydrogen-bond donors (Lipinski definition) is 2.